The fraction of sp³-hybridized carbons (Fsp3) is 0.350. The Labute approximate surface area is 162 Å². The number of nitro groups is 1. The first-order valence-electron chi connectivity index (χ1n) is 9.01. The molecule has 1 heterocycles. The number of hydrogen-bond acceptors (Lipinski definition) is 6. The summed E-state index contributed by atoms with van der Waals surface area (Å²) in [5, 5.41) is 13.9. The molecule has 28 heavy (non-hydrogen) atoms. The van der Waals surface area contributed by atoms with Gasteiger partial charge >= 0.3 is 5.69 Å². The van der Waals surface area contributed by atoms with E-state index in [2.05, 4.69) is 5.32 Å². The third kappa shape index (κ3) is 4.33. The van der Waals surface area contributed by atoms with Crippen molar-refractivity contribution in [3.8, 4) is 17.2 Å². The van der Waals surface area contributed by atoms with Crippen molar-refractivity contribution >= 4 is 17.3 Å². The van der Waals surface area contributed by atoms with E-state index in [0.717, 1.165) is 17.5 Å². The molecule has 0 saturated heterocycles. The van der Waals surface area contributed by atoms with E-state index in [0.29, 0.717) is 23.8 Å². The molecule has 1 atom stereocenters. The molecule has 0 aliphatic carbocycles. The zero-order chi connectivity index (χ0) is 20.3. The number of benzene rings is 2. The van der Waals surface area contributed by atoms with Gasteiger partial charge in [-0.15, -0.1) is 0 Å². The zero-order valence-electron chi connectivity index (χ0n) is 16.0. The van der Waals surface area contributed by atoms with Gasteiger partial charge in [0.2, 0.25) is 0 Å². The SMILES string of the molecule is CCOc1cc2c(cc1NC(=O)COc1ccc(C)cc1[N+](=O)[O-])OC(C)C2. The van der Waals surface area contributed by atoms with Crippen molar-refractivity contribution in [3.63, 3.8) is 0 Å². The van der Waals surface area contributed by atoms with E-state index >= 15 is 0 Å². The summed E-state index contributed by atoms with van der Waals surface area (Å²) < 4.78 is 16.7. The topological polar surface area (TPSA) is 99.9 Å². The molecular weight excluding hydrogens is 364 g/mol. The molecule has 0 saturated carbocycles. The minimum atomic E-state index is -0.535. The normalized spacial score (nSPS) is 14.8. The summed E-state index contributed by atoms with van der Waals surface area (Å²) in [5.41, 5.74) is 2.06. The van der Waals surface area contributed by atoms with Crippen LogP contribution in [0.25, 0.3) is 0 Å². The molecule has 2 aromatic carbocycles. The maximum Gasteiger partial charge on any atom is 0.311 e. The highest BCUT2D eigenvalue weighted by molar-refractivity contribution is 5.94. The summed E-state index contributed by atoms with van der Waals surface area (Å²) in [6.07, 6.45) is 0.852. The van der Waals surface area contributed by atoms with Crippen LogP contribution in [0, 0.1) is 17.0 Å². The number of carbonyl (C=O) groups is 1. The van der Waals surface area contributed by atoms with Crippen molar-refractivity contribution in [2.45, 2.75) is 33.3 Å². The Balaban J connectivity index is 1.72. The average Bonchev–Trinajstić information content (AvgIpc) is 2.99. The number of aryl methyl sites for hydroxylation is 1. The van der Waals surface area contributed by atoms with E-state index in [1.165, 1.54) is 12.1 Å². The minimum absolute atomic E-state index is 0.0434. The lowest BCUT2D eigenvalue weighted by Gasteiger charge is -2.14. The molecule has 3 rings (SSSR count). The molecule has 0 fully saturated rings. The maximum atomic E-state index is 12.4. The number of nitro benzene ring substituents is 1. The molecule has 0 radical (unpaired) electrons. The van der Waals surface area contributed by atoms with Crippen LogP contribution in [0.2, 0.25) is 0 Å². The molecule has 1 unspecified atom stereocenters. The molecule has 1 aliphatic heterocycles. The van der Waals surface area contributed by atoms with Crippen molar-refractivity contribution in [2.75, 3.05) is 18.5 Å². The predicted molar refractivity (Wildman–Crippen MR) is 103 cm³/mol. The first-order chi connectivity index (χ1) is 13.4. The van der Waals surface area contributed by atoms with Crippen LogP contribution in [-0.4, -0.2) is 30.1 Å². The van der Waals surface area contributed by atoms with E-state index in [1.807, 2.05) is 19.9 Å². The third-order valence-corrected chi connectivity index (χ3v) is 4.24. The Hall–Kier alpha value is -3.29. The molecule has 8 heteroatoms. The lowest BCUT2D eigenvalue weighted by Crippen LogP contribution is -2.21. The lowest BCUT2D eigenvalue weighted by molar-refractivity contribution is -0.385. The van der Waals surface area contributed by atoms with Gasteiger partial charge in [0, 0.05) is 24.1 Å². The fourth-order valence-electron chi connectivity index (χ4n) is 3.03. The van der Waals surface area contributed by atoms with E-state index in [9.17, 15) is 14.9 Å². The largest absolute Gasteiger partial charge is 0.492 e. The molecule has 2 aromatic rings. The van der Waals surface area contributed by atoms with Gasteiger partial charge in [-0.1, -0.05) is 6.07 Å². The summed E-state index contributed by atoms with van der Waals surface area (Å²) in [5.74, 6) is 0.846. The number of fused-ring (bicyclic) bond motifs is 1. The third-order valence-electron chi connectivity index (χ3n) is 4.24. The molecule has 8 nitrogen and oxygen atoms in total. The van der Waals surface area contributed by atoms with Crippen LogP contribution in [0.4, 0.5) is 11.4 Å². The Bertz CT molecular complexity index is 912. The first-order valence-corrected chi connectivity index (χ1v) is 9.01. The van der Waals surface area contributed by atoms with E-state index in [4.69, 9.17) is 14.2 Å². The van der Waals surface area contributed by atoms with Crippen LogP contribution in [0.1, 0.15) is 25.0 Å². The molecule has 0 aromatic heterocycles. The monoisotopic (exact) mass is 386 g/mol. The van der Waals surface area contributed by atoms with Crippen LogP contribution >= 0.6 is 0 Å². The number of ether oxygens (including phenoxy) is 3. The highest BCUT2D eigenvalue weighted by Crippen LogP contribution is 2.38. The molecular formula is C20H22N2O6. The molecule has 0 bridgehead atoms. The first kappa shape index (κ1) is 19.5. The van der Waals surface area contributed by atoms with Gasteiger partial charge < -0.3 is 19.5 Å². The number of hydrogen-bond donors (Lipinski definition) is 1. The molecule has 1 aliphatic rings. The van der Waals surface area contributed by atoms with Crippen LogP contribution in [-0.2, 0) is 11.2 Å². The van der Waals surface area contributed by atoms with Crippen molar-refractivity contribution in [1.82, 2.24) is 0 Å². The number of carbonyl (C=O) groups excluding carboxylic acids is 1. The van der Waals surface area contributed by atoms with Crippen molar-refractivity contribution < 1.29 is 23.9 Å². The van der Waals surface area contributed by atoms with Gasteiger partial charge in [-0.25, -0.2) is 0 Å². The van der Waals surface area contributed by atoms with Crippen molar-refractivity contribution in [1.29, 1.82) is 0 Å². The summed E-state index contributed by atoms with van der Waals surface area (Å²) in [7, 11) is 0. The van der Waals surface area contributed by atoms with Crippen molar-refractivity contribution in [2.24, 2.45) is 0 Å². The number of nitrogens with one attached hydrogen (secondary N) is 1. The van der Waals surface area contributed by atoms with Crippen molar-refractivity contribution in [3.05, 3.63) is 51.6 Å². The maximum absolute atomic E-state index is 12.4. The van der Waals surface area contributed by atoms with Crippen LogP contribution in [0.15, 0.2) is 30.3 Å². The van der Waals surface area contributed by atoms with Gasteiger partial charge in [0.15, 0.2) is 12.4 Å². The lowest BCUT2D eigenvalue weighted by atomic mass is 10.1. The minimum Gasteiger partial charge on any atom is -0.492 e. The second-order valence-corrected chi connectivity index (χ2v) is 6.59. The molecule has 1 N–H and O–H groups in total. The van der Waals surface area contributed by atoms with Gasteiger partial charge in [-0.2, -0.15) is 0 Å². The number of rotatable bonds is 7. The second-order valence-electron chi connectivity index (χ2n) is 6.59. The molecule has 1 amide bonds. The van der Waals surface area contributed by atoms with Crippen LogP contribution in [0.5, 0.6) is 17.2 Å². The number of anilines is 1. The second kappa shape index (κ2) is 8.16. The van der Waals surface area contributed by atoms with Crippen LogP contribution < -0.4 is 19.5 Å². The fourth-order valence-corrected chi connectivity index (χ4v) is 3.03. The zero-order valence-corrected chi connectivity index (χ0v) is 16.0. The average molecular weight is 386 g/mol. The Morgan fingerprint density at radius 2 is 2.07 bits per heavy atom. The van der Waals surface area contributed by atoms with E-state index in [1.54, 1.807) is 19.1 Å². The highest BCUT2D eigenvalue weighted by atomic mass is 16.6. The molecule has 148 valence electrons. The van der Waals surface area contributed by atoms with Gasteiger partial charge in [-0.3, -0.25) is 14.9 Å². The molecule has 0 spiro atoms. The van der Waals surface area contributed by atoms with E-state index in [-0.39, 0.29) is 24.1 Å². The van der Waals surface area contributed by atoms with Gasteiger partial charge in [0.1, 0.15) is 17.6 Å². The summed E-state index contributed by atoms with van der Waals surface area (Å²) >= 11 is 0. The van der Waals surface area contributed by atoms with Crippen LogP contribution in [0.3, 0.4) is 0 Å². The number of amides is 1. The standard InChI is InChI=1S/C20H22N2O6/c1-4-26-19-9-14-8-13(3)28-18(14)10-15(19)21-20(23)11-27-17-6-5-12(2)7-16(17)22(24)25/h5-7,9-10,13H,4,8,11H2,1-3H3,(H,21,23). The van der Waals surface area contributed by atoms with Gasteiger partial charge in [0.05, 0.1) is 17.2 Å². The Morgan fingerprint density at radius 1 is 1.29 bits per heavy atom. The summed E-state index contributed by atoms with van der Waals surface area (Å²) in [6.45, 7) is 5.65. The number of nitrogens with zero attached hydrogens (tertiary/aromatic N) is 1. The van der Waals surface area contributed by atoms with Gasteiger partial charge in [-0.05, 0) is 38.5 Å². The quantitative estimate of drug-likeness (QED) is 0.576. The van der Waals surface area contributed by atoms with Gasteiger partial charge in [0.25, 0.3) is 5.91 Å². The highest BCUT2D eigenvalue weighted by Gasteiger charge is 2.23. The summed E-state index contributed by atoms with van der Waals surface area (Å²) in [4.78, 5) is 23.0. The predicted octanol–water partition coefficient (Wildman–Crippen LogP) is 3.64. The Kier molecular flexibility index (Phi) is 5.67. The summed E-state index contributed by atoms with van der Waals surface area (Å²) in [6, 6.07) is 8.17. The Morgan fingerprint density at radius 3 is 2.79 bits per heavy atom. The van der Waals surface area contributed by atoms with E-state index < -0.39 is 10.8 Å². The smallest absolute Gasteiger partial charge is 0.311 e.